The molecule has 1 atom stereocenters. The molecule has 2 heterocycles. The van der Waals surface area contributed by atoms with Crippen molar-refractivity contribution in [3.8, 4) is 5.69 Å². The number of hydrogen-bond donors (Lipinski definition) is 1. The number of carbonyl (C=O) groups is 1. The van der Waals surface area contributed by atoms with Crippen LogP contribution in [0.3, 0.4) is 0 Å². The van der Waals surface area contributed by atoms with E-state index in [1.54, 1.807) is 24.4 Å². The Labute approximate surface area is 151 Å². The van der Waals surface area contributed by atoms with E-state index in [1.165, 1.54) is 16.8 Å². The molecule has 0 radical (unpaired) electrons. The van der Waals surface area contributed by atoms with Crippen molar-refractivity contribution in [1.82, 2.24) is 20.0 Å². The molecule has 1 amide bonds. The summed E-state index contributed by atoms with van der Waals surface area (Å²) in [5, 5.41) is 18.3. The molecule has 134 valence electrons. The van der Waals surface area contributed by atoms with Crippen molar-refractivity contribution in [3.05, 3.63) is 52.3 Å². The van der Waals surface area contributed by atoms with E-state index in [4.69, 9.17) is 0 Å². The van der Waals surface area contributed by atoms with Crippen LogP contribution in [0.1, 0.15) is 16.9 Å². The number of nitrogens with one attached hydrogen (secondary N) is 1. The Balaban J connectivity index is 0.00000225. The van der Waals surface area contributed by atoms with Gasteiger partial charge in [0.15, 0.2) is 5.69 Å². The minimum atomic E-state index is -0.453. The van der Waals surface area contributed by atoms with Crippen molar-refractivity contribution < 1.29 is 9.72 Å². The monoisotopic (exact) mass is 365 g/mol. The van der Waals surface area contributed by atoms with Crippen LogP contribution >= 0.6 is 12.4 Å². The Kier molecular flexibility index (Phi) is 6.11. The zero-order valence-corrected chi connectivity index (χ0v) is 14.6. The predicted octanol–water partition coefficient (Wildman–Crippen LogP) is 1.88. The number of aromatic nitrogens is 2. The number of carbonyl (C=O) groups excluding carboxylic acids is 1. The molecule has 1 unspecified atom stereocenters. The summed E-state index contributed by atoms with van der Waals surface area (Å²) in [5.74, 6) is 0.371. The van der Waals surface area contributed by atoms with Crippen LogP contribution in [0.5, 0.6) is 0 Å². The Morgan fingerprint density at radius 1 is 1.44 bits per heavy atom. The fraction of sp³-hybridized carbons (Fsp3) is 0.375. The van der Waals surface area contributed by atoms with E-state index in [0.29, 0.717) is 17.3 Å². The van der Waals surface area contributed by atoms with Gasteiger partial charge in [0.05, 0.1) is 10.6 Å². The Morgan fingerprint density at radius 3 is 2.96 bits per heavy atom. The predicted molar refractivity (Wildman–Crippen MR) is 95.4 cm³/mol. The first-order valence-electron chi connectivity index (χ1n) is 7.83. The molecular weight excluding hydrogens is 346 g/mol. The van der Waals surface area contributed by atoms with Crippen LogP contribution in [0.25, 0.3) is 5.69 Å². The van der Waals surface area contributed by atoms with E-state index in [0.717, 1.165) is 26.1 Å². The molecule has 0 spiro atoms. The number of non-ortho nitro benzene ring substituents is 1. The Bertz CT molecular complexity index is 764. The van der Waals surface area contributed by atoms with Crippen LogP contribution in [0.4, 0.5) is 5.69 Å². The van der Waals surface area contributed by atoms with Crippen LogP contribution in [-0.2, 0) is 0 Å². The fourth-order valence-electron chi connectivity index (χ4n) is 2.97. The van der Waals surface area contributed by atoms with Crippen LogP contribution in [0.15, 0.2) is 36.5 Å². The standard InChI is InChI=1S/C16H19N5O3.ClH/c1-17-10-12-5-7-19(11-12)16(22)15-6-8-20(18-15)13-3-2-4-14(9-13)21(23)24;/h2-4,6,8-9,12,17H,5,7,10-11H2,1H3;1H. The molecule has 1 N–H and O–H groups in total. The quantitative estimate of drug-likeness (QED) is 0.645. The second-order valence-corrected chi connectivity index (χ2v) is 5.89. The summed E-state index contributed by atoms with van der Waals surface area (Å²) < 4.78 is 1.49. The maximum absolute atomic E-state index is 12.5. The average molecular weight is 366 g/mol. The first-order chi connectivity index (χ1) is 11.6. The lowest BCUT2D eigenvalue weighted by Gasteiger charge is -2.15. The first-order valence-corrected chi connectivity index (χ1v) is 7.83. The maximum atomic E-state index is 12.5. The van der Waals surface area contributed by atoms with Gasteiger partial charge in [-0.1, -0.05) is 6.07 Å². The zero-order chi connectivity index (χ0) is 17.1. The number of halogens is 1. The normalized spacial score (nSPS) is 16.5. The lowest BCUT2D eigenvalue weighted by atomic mass is 10.1. The van der Waals surface area contributed by atoms with E-state index in [1.807, 2.05) is 11.9 Å². The van der Waals surface area contributed by atoms with Crippen LogP contribution < -0.4 is 5.32 Å². The second-order valence-electron chi connectivity index (χ2n) is 5.89. The number of nitro groups is 1. The minimum absolute atomic E-state index is 0. The topological polar surface area (TPSA) is 93.3 Å². The fourth-order valence-corrected chi connectivity index (χ4v) is 2.97. The van der Waals surface area contributed by atoms with Crippen molar-refractivity contribution >= 4 is 24.0 Å². The highest BCUT2D eigenvalue weighted by molar-refractivity contribution is 5.92. The number of nitro benzene ring substituents is 1. The van der Waals surface area contributed by atoms with Crippen LogP contribution in [0.2, 0.25) is 0 Å². The van der Waals surface area contributed by atoms with E-state index in [9.17, 15) is 14.9 Å². The van der Waals surface area contributed by atoms with Gasteiger partial charge in [0.25, 0.3) is 11.6 Å². The summed E-state index contributed by atoms with van der Waals surface area (Å²) in [7, 11) is 1.91. The van der Waals surface area contributed by atoms with Crippen LogP contribution in [0, 0.1) is 16.0 Å². The molecule has 25 heavy (non-hydrogen) atoms. The van der Waals surface area contributed by atoms with Crippen molar-refractivity contribution in [2.24, 2.45) is 5.92 Å². The van der Waals surface area contributed by atoms with Crippen molar-refractivity contribution in [2.45, 2.75) is 6.42 Å². The number of likely N-dealkylation sites (tertiary alicyclic amines) is 1. The molecule has 8 nitrogen and oxygen atoms in total. The SMILES string of the molecule is CNCC1CCN(C(=O)c2ccn(-c3cccc([N+](=O)[O-])c3)n2)C1.Cl. The lowest BCUT2D eigenvalue weighted by Crippen LogP contribution is -2.30. The van der Waals surface area contributed by atoms with Gasteiger partial charge in [-0.3, -0.25) is 14.9 Å². The third-order valence-corrected chi connectivity index (χ3v) is 4.18. The number of benzene rings is 1. The van der Waals surface area contributed by atoms with Gasteiger partial charge in [0.1, 0.15) is 0 Å². The third kappa shape index (κ3) is 4.15. The van der Waals surface area contributed by atoms with Gasteiger partial charge in [0, 0.05) is 31.4 Å². The second kappa shape index (κ2) is 8.09. The molecule has 9 heteroatoms. The Morgan fingerprint density at radius 2 is 2.24 bits per heavy atom. The van der Waals surface area contributed by atoms with Gasteiger partial charge < -0.3 is 10.2 Å². The molecule has 1 saturated heterocycles. The number of rotatable bonds is 5. The summed E-state index contributed by atoms with van der Waals surface area (Å²) in [5.41, 5.74) is 0.898. The number of amides is 1. The van der Waals surface area contributed by atoms with Gasteiger partial charge in [-0.05, 0) is 38.1 Å². The van der Waals surface area contributed by atoms with Gasteiger partial charge in [-0.2, -0.15) is 5.10 Å². The Hall–Kier alpha value is -2.45. The van der Waals surface area contributed by atoms with Gasteiger partial charge >= 0.3 is 0 Å². The molecule has 1 aliphatic rings. The molecule has 3 rings (SSSR count). The van der Waals surface area contributed by atoms with Crippen LogP contribution in [-0.4, -0.2) is 52.2 Å². The van der Waals surface area contributed by atoms with E-state index in [-0.39, 0.29) is 24.0 Å². The minimum Gasteiger partial charge on any atom is -0.337 e. The molecule has 0 saturated carbocycles. The molecule has 1 aromatic heterocycles. The summed E-state index contributed by atoms with van der Waals surface area (Å²) >= 11 is 0. The third-order valence-electron chi connectivity index (χ3n) is 4.18. The summed E-state index contributed by atoms with van der Waals surface area (Å²) in [6.07, 6.45) is 2.63. The van der Waals surface area contributed by atoms with E-state index >= 15 is 0 Å². The van der Waals surface area contributed by atoms with Crippen molar-refractivity contribution in [3.63, 3.8) is 0 Å². The summed E-state index contributed by atoms with van der Waals surface area (Å²) in [6.45, 7) is 2.35. The maximum Gasteiger partial charge on any atom is 0.274 e. The van der Waals surface area contributed by atoms with Gasteiger partial charge in [-0.15, -0.1) is 12.4 Å². The first kappa shape index (κ1) is 18.9. The molecule has 1 fully saturated rings. The highest BCUT2D eigenvalue weighted by Crippen LogP contribution is 2.19. The summed E-state index contributed by atoms with van der Waals surface area (Å²) in [6, 6.07) is 7.81. The zero-order valence-electron chi connectivity index (χ0n) is 13.8. The molecule has 0 aliphatic carbocycles. The largest absolute Gasteiger partial charge is 0.337 e. The summed E-state index contributed by atoms with van der Waals surface area (Å²) in [4.78, 5) is 24.8. The lowest BCUT2D eigenvalue weighted by molar-refractivity contribution is -0.384. The van der Waals surface area contributed by atoms with Gasteiger partial charge in [-0.25, -0.2) is 4.68 Å². The molecule has 1 aromatic carbocycles. The van der Waals surface area contributed by atoms with Crippen molar-refractivity contribution in [1.29, 1.82) is 0 Å². The average Bonchev–Trinajstić information content (AvgIpc) is 3.24. The highest BCUT2D eigenvalue weighted by Gasteiger charge is 2.27. The molecule has 1 aliphatic heterocycles. The number of hydrogen-bond acceptors (Lipinski definition) is 5. The smallest absolute Gasteiger partial charge is 0.274 e. The molecule has 0 bridgehead atoms. The van der Waals surface area contributed by atoms with E-state index in [2.05, 4.69) is 10.4 Å². The van der Waals surface area contributed by atoms with Crippen molar-refractivity contribution in [2.75, 3.05) is 26.7 Å². The molecule has 2 aromatic rings. The molecular formula is C16H20ClN5O3. The van der Waals surface area contributed by atoms with Gasteiger partial charge in [0.2, 0.25) is 0 Å². The number of nitrogens with zero attached hydrogens (tertiary/aromatic N) is 4. The van der Waals surface area contributed by atoms with E-state index < -0.39 is 4.92 Å². The highest BCUT2D eigenvalue weighted by atomic mass is 35.5.